The highest BCUT2D eigenvalue weighted by Gasteiger charge is 2.18. The first-order valence-electron chi connectivity index (χ1n) is 6.63. The number of hydrogen-bond acceptors (Lipinski definition) is 4. The highest BCUT2D eigenvalue weighted by molar-refractivity contribution is 7.22. The fourth-order valence-electron chi connectivity index (χ4n) is 2.18. The van der Waals surface area contributed by atoms with E-state index in [1.165, 1.54) is 11.3 Å². The molecule has 0 aliphatic rings. The molecule has 0 aliphatic heterocycles. The third-order valence-electron chi connectivity index (χ3n) is 3.04. The zero-order valence-electron chi connectivity index (χ0n) is 12.4. The molecule has 0 saturated heterocycles. The van der Waals surface area contributed by atoms with Gasteiger partial charge in [0.2, 0.25) is 6.41 Å². The molecule has 118 valence electrons. The summed E-state index contributed by atoms with van der Waals surface area (Å²) >= 11 is 7.52. The Morgan fingerprint density at radius 2 is 2.23 bits per heavy atom. The van der Waals surface area contributed by atoms with Crippen LogP contribution in [-0.2, 0) is 9.59 Å². The molecule has 8 heteroatoms. The van der Waals surface area contributed by atoms with Gasteiger partial charge in [0.05, 0.1) is 14.6 Å². The summed E-state index contributed by atoms with van der Waals surface area (Å²) in [6, 6.07) is 3.83. The number of thiophene rings is 1. The molecule has 0 atom stereocenters. The molecule has 0 fully saturated rings. The van der Waals surface area contributed by atoms with Crippen LogP contribution in [0.4, 0.5) is 0 Å². The molecule has 0 radical (unpaired) electrons. The topological polar surface area (TPSA) is 74.9 Å². The summed E-state index contributed by atoms with van der Waals surface area (Å²) in [5.41, 5.74) is 1.85. The van der Waals surface area contributed by atoms with Crippen molar-refractivity contribution in [2.45, 2.75) is 20.8 Å². The zero-order chi connectivity index (χ0) is 16.4. The Hall–Kier alpha value is -1.86. The van der Waals surface area contributed by atoms with Crippen LogP contribution in [0.3, 0.4) is 0 Å². The van der Waals surface area contributed by atoms with Crippen molar-refractivity contribution in [2.75, 3.05) is 6.54 Å². The number of hydrazone groups is 1. The second-order valence-electron chi connectivity index (χ2n) is 5.13. The molecule has 0 aromatic carbocycles. The van der Waals surface area contributed by atoms with E-state index in [0.29, 0.717) is 16.6 Å². The van der Waals surface area contributed by atoms with Crippen molar-refractivity contribution in [3.63, 3.8) is 0 Å². The number of hydrogen-bond donors (Lipinski definition) is 1. The Labute approximate surface area is 136 Å². The fourth-order valence-corrected chi connectivity index (χ4v) is 3.39. The minimum Gasteiger partial charge on any atom is -0.480 e. The number of carboxylic acids is 1. The molecule has 1 N–H and O–H groups in total. The molecular formula is C14H16ClN3O3S. The Morgan fingerprint density at radius 1 is 1.55 bits per heavy atom. The van der Waals surface area contributed by atoms with Gasteiger partial charge in [-0.1, -0.05) is 25.4 Å². The molecule has 22 heavy (non-hydrogen) atoms. The molecular weight excluding hydrogens is 326 g/mol. The van der Waals surface area contributed by atoms with E-state index in [0.717, 1.165) is 20.9 Å². The molecule has 6 nitrogen and oxygen atoms in total. The second kappa shape index (κ2) is 6.50. The molecule has 2 aromatic heterocycles. The van der Waals surface area contributed by atoms with E-state index in [9.17, 15) is 9.59 Å². The monoisotopic (exact) mass is 341 g/mol. The van der Waals surface area contributed by atoms with E-state index >= 15 is 0 Å². The summed E-state index contributed by atoms with van der Waals surface area (Å²) in [4.78, 5) is 21.8. The highest BCUT2D eigenvalue weighted by atomic mass is 35.5. The lowest BCUT2D eigenvalue weighted by atomic mass is 10.2. The predicted octanol–water partition coefficient (Wildman–Crippen LogP) is 3.03. The fraction of sp³-hybridized carbons (Fsp3) is 0.357. The van der Waals surface area contributed by atoms with Crippen molar-refractivity contribution in [3.8, 4) is 0 Å². The number of carbonyl (C=O) groups is 2. The average molecular weight is 342 g/mol. The van der Waals surface area contributed by atoms with Crippen molar-refractivity contribution >= 4 is 51.4 Å². The van der Waals surface area contributed by atoms with Crippen molar-refractivity contribution in [2.24, 2.45) is 11.0 Å². The number of aryl methyl sites for hydroxylation is 1. The Kier molecular flexibility index (Phi) is 4.87. The van der Waals surface area contributed by atoms with Gasteiger partial charge < -0.3 is 5.11 Å². The number of nitrogens with zero attached hydrogens (tertiary/aromatic N) is 3. The normalized spacial score (nSPS) is 12.1. The molecule has 0 aliphatic carbocycles. The van der Waals surface area contributed by atoms with E-state index in [1.807, 2.05) is 37.5 Å². The van der Waals surface area contributed by atoms with Gasteiger partial charge in [-0.2, -0.15) is 5.10 Å². The van der Waals surface area contributed by atoms with Gasteiger partial charge in [-0.25, -0.2) is 5.01 Å². The molecule has 0 saturated carbocycles. The lowest BCUT2D eigenvalue weighted by molar-refractivity contribution is -0.140. The van der Waals surface area contributed by atoms with Gasteiger partial charge in [-0.05, 0) is 19.1 Å². The summed E-state index contributed by atoms with van der Waals surface area (Å²) in [6.45, 7) is 5.32. The van der Waals surface area contributed by atoms with Crippen molar-refractivity contribution in [1.29, 1.82) is 0 Å². The first kappa shape index (κ1) is 16.5. The maximum absolute atomic E-state index is 11.0. The van der Waals surface area contributed by atoms with Gasteiger partial charge in [0.1, 0.15) is 12.4 Å². The van der Waals surface area contributed by atoms with Crippen molar-refractivity contribution in [1.82, 2.24) is 9.58 Å². The van der Waals surface area contributed by atoms with Crippen LogP contribution in [-0.4, -0.2) is 39.4 Å². The summed E-state index contributed by atoms with van der Waals surface area (Å²) < 4.78 is 3.59. The van der Waals surface area contributed by atoms with Crippen LogP contribution in [0.25, 0.3) is 10.2 Å². The van der Waals surface area contributed by atoms with E-state index < -0.39 is 12.5 Å². The van der Waals surface area contributed by atoms with Crippen LogP contribution in [0.15, 0.2) is 17.2 Å². The number of carboxylic acid groups (broad SMARTS) is 1. The van der Waals surface area contributed by atoms with Gasteiger partial charge in [0.15, 0.2) is 0 Å². The van der Waals surface area contributed by atoms with Crippen LogP contribution < -0.4 is 0 Å². The first-order valence-corrected chi connectivity index (χ1v) is 7.83. The van der Waals surface area contributed by atoms with E-state index in [4.69, 9.17) is 16.7 Å². The minimum absolute atomic E-state index is 0.00998. The van der Waals surface area contributed by atoms with Crippen LogP contribution >= 0.6 is 22.9 Å². The van der Waals surface area contributed by atoms with Crippen LogP contribution in [0.1, 0.15) is 19.5 Å². The average Bonchev–Trinajstić information content (AvgIpc) is 2.89. The highest BCUT2D eigenvalue weighted by Crippen LogP contribution is 2.32. The number of carbonyl (C=O) groups excluding carboxylic acids is 1. The van der Waals surface area contributed by atoms with Crippen LogP contribution in [0.2, 0.25) is 4.34 Å². The standard InChI is InChI=1S/C14H16ClN3O3S/c1-8(2)14(16-17(7-19)6-13(20)21)18-9(3)4-11-10(18)5-12(15)22-11/h4-5,7-8H,6H2,1-3H3,(H,20,21)/b16-14-. The molecule has 0 spiro atoms. The van der Waals surface area contributed by atoms with Crippen molar-refractivity contribution < 1.29 is 14.7 Å². The van der Waals surface area contributed by atoms with E-state index in [-0.39, 0.29) is 5.92 Å². The maximum Gasteiger partial charge on any atom is 0.325 e. The number of amides is 1. The lowest BCUT2D eigenvalue weighted by Crippen LogP contribution is -2.29. The summed E-state index contributed by atoms with van der Waals surface area (Å²) in [5.74, 6) is -0.536. The van der Waals surface area contributed by atoms with E-state index in [2.05, 4.69) is 5.10 Å². The van der Waals surface area contributed by atoms with Gasteiger partial charge in [0, 0.05) is 11.6 Å². The third kappa shape index (κ3) is 3.31. The van der Waals surface area contributed by atoms with Crippen LogP contribution in [0.5, 0.6) is 0 Å². The molecule has 2 heterocycles. The first-order chi connectivity index (χ1) is 10.3. The number of aliphatic carboxylic acids is 1. The lowest BCUT2D eigenvalue weighted by Gasteiger charge is -2.18. The smallest absolute Gasteiger partial charge is 0.325 e. The Bertz CT molecular complexity index is 748. The summed E-state index contributed by atoms with van der Waals surface area (Å²) in [7, 11) is 0. The molecule has 1 amide bonds. The number of aromatic nitrogens is 1. The van der Waals surface area contributed by atoms with Gasteiger partial charge in [-0.3, -0.25) is 14.2 Å². The Morgan fingerprint density at radius 3 is 2.77 bits per heavy atom. The largest absolute Gasteiger partial charge is 0.480 e. The zero-order valence-corrected chi connectivity index (χ0v) is 14.0. The van der Waals surface area contributed by atoms with E-state index in [1.54, 1.807) is 0 Å². The predicted molar refractivity (Wildman–Crippen MR) is 87.6 cm³/mol. The summed E-state index contributed by atoms with van der Waals surface area (Å²) in [6.07, 6.45) is 0.410. The molecule has 0 unspecified atom stereocenters. The van der Waals surface area contributed by atoms with Gasteiger partial charge >= 0.3 is 5.97 Å². The minimum atomic E-state index is -1.12. The maximum atomic E-state index is 11.0. The summed E-state index contributed by atoms with van der Waals surface area (Å²) in [5, 5.41) is 13.9. The van der Waals surface area contributed by atoms with Crippen molar-refractivity contribution in [3.05, 3.63) is 22.2 Å². The molecule has 2 aromatic rings. The van der Waals surface area contributed by atoms with Gasteiger partial charge in [-0.15, -0.1) is 11.3 Å². The quantitative estimate of drug-likeness (QED) is 0.393. The van der Waals surface area contributed by atoms with Gasteiger partial charge in [0.25, 0.3) is 0 Å². The third-order valence-corrected chi connectivity index (χ3v) is 4.24. The Balaban J connectivity index is 2.56. The number of rotatable bonds is 5. The SMILES string of the molecule is Cc1cc2sc(Cl)cc2n1/C(=N\N(C=O)CC(=O)O)C(C)C. The molecule has 2 rings (SSSR count). The molecule has 0 bridgehead atoms. The number of fused-ring (bicyclic) bond motifs is 1. The van der Waals surface area contributed by atoms with Crippen LogP contribution in [0, 0.1) is 12.8 Å². The second-order valence-corrected chi connectivity index (χ2v) is 6.85. The number of halogens is 1.